The molecule has 0 amide bonds. The monoisotopic (exact) mass is 274 g/mol. The fraction of sp³-hybridized carbons (Fsp3) is 0.667. The second-order valence-electron chi connectivity index (χ2n) is 6.21. The third-order valence-corrected chi connectivity index (χ3v) is 4.98. The van der Waals surface area contributed by atoms with Crippen LogP contribution < -0.4 is 11.3 Å². The van der Waals surface area contributed by atoms with Crippen molar-refractivity contribution in [3.63, 3.8) is 0 Å². The van der Waals surface area contributed by atoms with E-state index >= 15 is 0 Å². The zero-order valence-electron chi connectivity index (χ0n) is 13.1. The first-order chi connectivity index (χ1) is 9.81. The van der Waals surface area contributed by atoms with E-state index in [1.165, 1.54) is 56.1 Å². The van der Waals surface area contributed by atoms with E-state index < -0.39 is 0 Å². The van der Waals surface area contributed by atoms with Crippen LogP contribution in [0.3, 0.4) is 0 Å². The third kappa shape index (κ3) is 3.42. The number of nitrogens with one attached hydrogen (secondary N) is 1. The van der Waals surface area contributed by atoms with E-state index in [1.807, 2.05) is 0 Å². The van der Waals surface area contributed by atoms with Crippen molar-refractivity contribution in [2.45, 2.75) is 70.8 Å². The summed E-state index contributed by atoms with van der Waals surface area (Å²) in [5, 5.41) is 0. The molecule has 1 aromatic carbocycles. The summed E-state index contributed by atoms with van der Waals surface area (Å²) in [6.07, 6.45) is 9.09. The zero-order chi connectivity index (χ0) is 14.4. The Bertz CT molecular complexity index is 398. The van der Waals surface area contributed by atoms with Gasteiger partial charge in [0.2, 0.25) is 0 Å². The standard InChI is InChI=1S/C18H30N2/c1-3-5-9-14(4-2)18(20-19)17-13-7-6-12-16(17)15-10-8-11-15/h6-7,12-15,18,20H,3-5,8-11,19H2,1-2H3. The second kappa shape index (κ2) is 7.80. The summed E-state index contributed by atoms with van der Waals surface area (Å²) in [7, 11) is 0. The number of benzene rings is 1. The molecule has 2 heteroatoms. The number of hydrogen-bond acceptors (Lipinski definition) is 2. The van der Waals surface area contributed by atoms with E-state index in [9.17, 15) is 0 Å². The van der Waals surface area contributed by atoms with E-state index in [2.05, 4.69) is 43.5 Å². The Morgan fingerprint density at radius 1 is 1.25 bits per heavy atom. The minimum atomic E-state index is 0.309. The van der Waals surface area contributed by atoms with Gasteiger partial charge in [0.05, 0.1) is 0 Å². The number of unbranched alkanes of at least 4 members (excludes halogenated alkanes) is 1. The Hall–Kier alpha value is -0.860. The van der Waals surface area contributed by atoms with Gasteiger partial charge in [0.1, 0.15) is 0 Å². The molecule has 1 aliphatic carbocycles. The van der Waals surface area contributed by atoms with Crippen molar-refractivity contribution in [1.29, 1.82) is 0 Å². The third-order valence-electron chi connectivity index (χ3n) is 4.98. The Balaban J connectivity index is 2.21. The molecule has 2 atom stereocenters. The molecule has 20 heavy (non-hydrogen) atoms. The fourth-order valence-electron chi connectivity index (χ4n) is 3.44. The lowest BCUT2D eigenvalue weighted by molar-refractivity contribution is 0.320. The van der Waals surface area contributed by atoms with Gasteiger partial charge >= 0.3 is 0 Å². The van der Waals surface area contributed by atoms with Gasteiger partial charge in [0.15, 0.2) is 0 Å². The summed E-state index contributed by atoms with van der Waals surface area (Å²) >= 11 is 0. The first-order valence-corrected chi connectivity index (χ1v) is 8.36. The molecule has 0 bridgehead atoms. The molecule has 1 aliphatic rings. The van der Waals surface area contributed by atoms with Gasteiger partial charge in [-0.3, -0.25) is 11.3 Å². The quantitative estimate of drug-likeness (QED) is 0.534. The van der Waals surface area contributed by atoms with Crippen molar-refractivity contribution < 1.29 is 0 Å². The lowest BCUT2D eigenvalue weighted by atomic mass is 9.75. The van der Waals surface area contributed by atoms with Crippen LogP contribution in [0.2, 0.25) is 0 Å². The summed E-state index contributed by atoms with van der Waals surface area (Å²) in [4.78, 5) is 0. The topological polar surface area (TPSA) is 38.0 Å². The van der Waals surface area contributed by atoms with Crippen LogP contribution in [0, 0.1) is 5.92 Å². The summed E-state index contributed by atoms with van der Waals surface area (Å²) < 4.78 is 0. The SMILES string of the molecule is CCCCC(CC)C(NN)c1ccccc1C1CCC1. The molecule has 0 aliphatic heterocycles. The second-order valence-corrected chi connectivity index (χ2v) is 6.21. The van der Waals surface area contributed by atoms with Gasteiger partial charge in [-0.05, 0) is 42.2 Å². The van der Waals surface area contributed by atoms with Crippen LogP contribution in [0.1, 0.15) is 81.9 Å². The van der Waals surface area contributed by atoms with E-state index in [4.69, 9.17) is 5.84 Å². The number of hydrazine groups is 1. The molecule has 2 unspecified atom stereocenters. The van der Waals surface area contributed by atoms with Gasteiger partial charge in [-0.1, -0.05) is 63.8 Å². The lowest BCUT2D eigenvalue weighted by Gasteiger charge is -2.33. The van der Waals surface area contributed by atoms with Crippen molar-refractivity contribution in [2.24, 2.45) is 11.8 Å². The lowest BCUT2D eigenvalue weighted by Crippen LogP contribution is -2.34. The van der Waals surface area contributed by atoms with Crippen molar-refractivity contribution in [3.05, 3.63) is 35.4 Å². The smallest absolute Gasteiger partial charge is 0.0490 e. The molecule has 112 valence electrons. The molecule has 0 saturated heterocycles. The average Bonchev–Trinajstić information content (AvgIpc) is 2.43. The highest BCUT2D eigenvalue weighted by molar-refractivity contribution is 5.34. The molecular weight excluding hydrogens is 244 g/mol. The Kier molecular flexibility index (Phi) is 6.06. The van der Waals surface area contributed by atoms with Crippen molar-refractivity contribution >= 4 is 0 Å². The highest BCUT2D eigenvalue weighted by atomic mass is 15.2. The fourth-order valence-corrected chi connectivity index (χ4v) is 3.44. The largest absolute Gasteiger partial charge is 0.271 e. The maximum absolute atomic E-state index is 5.93. The summed E-state index contributed by atoms with van der Waals surface area (Å²) in [5.41, 5.74) is 6.11. The minimum absolute atomic E-state index is 0.309. The molecule has 1 fully saturated rings. The highest BCUT2D eigenvalue weighted by Crippen LogP contribution is 2.41. The molecule has 0 spiro atoms. The van der Waals surface area contributed by atoms with Gasteiger partial charge in [-0.25, -0.2) is 0 Å². The van der Waals surface area contributed by atoms with Crippen LogP contribution >= 0.6 is 0 Å². The Morgan fingerprint density at radius 2 is 2.00 bits per heavy atom. The molecule has 2 rings (SSSR count). The zero-order valence-corrected chi connectivity index (χ0v) is 13.1. The molecule has 2 nitrogen and oxygen atoms in total. The normalized spacial score (nSPS) is 18.6. The van der Waals surface area contributed by atoms with Gasteiger partial charge in [0.25, 0.3) is 0 Å². The molecule has 0 heterocycles. The molecule has 3 N–H and O–H groups in total. The van der Waals surface area contributed by atoms with Gasteiger partial charge in [-0.15, -0.1) is 0 Å². The minimum Gasteiger partial charge on any atom is -0.271 e. The van der Waals surface area contributed by atoms with E-state index in [0.29, 0.717) is 12.0 Å². The van der Waals surface area contributed by atoms with Crippen molar-refractivity contribution in [2.75, 3.05) is 0 Å². The van der Waals surface area contributed by atoms with E-state index in [1.54, 1.807) is 0 Å². The number of rotatable bonds is 8. The van der Waals surface area contributed by atoms with Crippen LogP contribution in [0.4, 0.5) is 0 Å². The number of hydrogen-bond donors (Lipinski definition) is 2. The van der Waals surface area contributed by atoms with Gasteiger partial charge in [-0.2, -0.15) is 0 Å². The van der Waals surface area contributed by atoms with E-state index in [-0.39, 0.29) is 0 Å². The summed E-state index contributed by atoms with van der Waals surface area (Å²) in [5.74, 6) is 7.34. The summed E-state index contributed by atoms with van der Waals surface area (Å²) in [6, 6.07) is 9.25. The highest BCUT2D eigenvalue weighted by Gasteiger charge is 2.27. The maximum atomic E-state index is 5.93. The molecular formula is C18H30N2. The Morgan fingerprint density at radius 3 is 2.55 bits per heavy atom. The van der Waals surface area contributed by atoms with Crippen LogP contribution in [-0.4, -0.2) is 0 Å². The molecule has 0 radical (unpaired) electrons. The van der Waals surface area contributed by atoms with E-state index in [0.717, 1.165) is 5.92 Å². The van der Waals surface area contributed by atoms with Crippen LogP contribution in [0.5, 0.6) is 0 Å². The maximum Gasteiger partial charge on any atom is 0.0490 e. The van der Waals surface area contributed by atoms with Crippen LogP contribution in [-0.2, 0) is 0 Å². The molecule has 0 aromatic heterocycles. The summed E-state index contributed by atoms with van der Waals surface area (Å²) in [6.45, 7) is 4.55. The first kappa shape index (κ1) is 15.5. The van der Waals surface area contributed by atoms with Gasteiger partial charge in [0, 0.05) is 6.04 Å². The average molecular weight is 274 g/mol. The predicted molar refractivity (Wildman–Crippen MR) is 86.4 cm³/mol. The Labute approximate surface area is 124 Å². The van der Waals surface area contributed by atoms with Crippen molar-refractivity contribution in [3.8, 4) is 0 Å². The molecule has 1 saturated carbocycles. The van der Waals surface area contributed by atoms with Crippen LogP contribution in [0.15, 0.2) is 24.3 Å². The van der Waals surface area contributed by atoms with Crippen LogP contribution in [0.25, 0.3) is 0 Å². The molecule has 1 aromatic rings. The first-order valence-electron chi connectivity index (χ1n) is 8.36. The van der Waals surface area contributed by atoms with Gasteiger partial charge < -0.3 is 0 Å². The van der Waals surface area contributed by atoms with Crippen molar-refractivity contribution in [1.82, 2.24) is 5.43 Å². The number of nitrogens with two attached hydrogens (primary N) is 1. The predicted octanol–water partition coefficient (Wildman–Crippen LogP) is 4.67.